The van der Waals surface area contributed by atoms with E-state index in [0.717, 1.165) is 16.6 Å². The molecule has 0 radical (unpaired) electrons. The van der Waals surface area contributed by atoms with Crippen LogP contribution in [0.3, 0.4) is 0 Å². The average molecular weight is 228 g/mol. The van der Waals surface area contributed by atoms with Gasteiger partial charge in [-0.2, -0.15) is 0 Å². The number of amides is 1. The van der Waals surface area contributed by atoms with Crippen molar-refractivity contribution in [2.75, 3.05) is 5.32 Å². The highest BCUT2D eigenvalue weighted by atomic mass is 16.2. The molecule has 3 nitrogen and oxygen atoms in total. The zero-order valence-electron chi connectivity index (χ0n) is 10.3. The van der Waals surface area contributed by atoms with Gasteiger partial charge in [0.1, 0.15) is 0 Å². The summed E-state index contributed by atoms with van der Waals surface area (Å²) in [5.41, 5.74) is 1.27. The Morgan fingerprint density at radius 3 is 2.65 bits per heavy atom. The molecular formula is C14H16N2O. The molecule has 1 aromatic heterocycles. The van der Waals surface area contributed by atoms with E-state index in [1.165, 1.54) is 0 Å². The fourth-order valence-electron chi connectivity index (χ4n) is 1.46. The van der Waals surface area contributed by atoms with Gasteiger partial charge in [0.15, 0.2) is 0 Å². The molecule has 0 aliphatic rings. The monoisotopic (exact) mass is 228 g/mol. The van der Waals surface area contributed by atoms with Gasteiger partial charge in [0.2, 0.25) is 5.91 Å². The minimum Gasteiger partial charge on any atom is -0.324 e. The molecule has 88 valence electrons. The zero-order chi connectivity index (χ0) is 12.5. The second kappa shape index (κ2) is 4.17. The van der Waals surface area contributed by atoms with Gasteiger partial charge in [0.05, 0.1) is 17.4 Å². The Labute approximate surface area is 101 Å². The Kier molecular flexibility index (Phi) is 2.84. The quantitative estimate of drug-likeness (QED) is 0.814. The topological polar surface area (TPSA) is 42.0 Å². The predicted molar refractivity (Wildman–Crippen MR) is 69.8 cm³/mol. The number of carbonyl (C=O) groups excluding carboxylic acids is 1. The van der Waals surface area contributed by atoms with Gasteiger partial charge in [-0.1, -0.05) is 39.0 Å². The molecule has 0 spiro atoms. The SMILES string of the molecule is CC(C)(C)C(=O)Nc1cnc2ccccc2c1. The van der Waals surface area contributed by atoms with Gasteiger partial charge in [-0.25, -0.2) is 0 Å². The highest BCUT2D eigenvalue weighted by molar-refractivity contribution is 5.96. The summed E-state index contributed by atoms with van der Waals surface area (Å²) in [6, 6.07) is 9.77. The number of anilines is 1. The number of nitrogens with one attached hydrogen (secondary N) is 1. The van der Waals surface area contributed by atoms with E-state index in [0.29, 0.717) is 0 Å². The largest absolute Gasteiger partial charge is 0.324 e. The van der Waals surface area contributed by atoms with Crippen molar-refractivity contribution < 1.29 is 4.79 Å². The number of aromatic nitrogens is 1. The van der Waals surface area contributed by atoms with Gasteiger partial charge in [-0.3, -0.25) is 9.78 Å². The van der Waals surface area contributed by atoms with Crippen LogP contribution in [0.1, 0.15) is 20.8 Å². The Bertz CT molecular complexity index is 555. The molecule has 0 saturated heterocycles. The van der Waals surface area contributed by atoms with Crippen molar-refractivity contribution in [2.24, 2.45) is 5.41 Å². The number of benzene rings is 1. The van der Waals surface area contributed by atoms with Gasteiger partial charge in [0, 0.05) is 10.8 Å². The Balaban J connectivity index is 2.29. The minimum absolute atomic E-state index is 0.00502. The molecule has 17 heavy (non-hydrogen) atoms. The average Bonchev–Trinajstić information content (AvgIpc) is 2.27. The fourth-order valence-corrected chi connectivity index (χ4v) is 1.46. The van der Waals surface area contributed by atoms with Crippen molar-refractivity contribution in [3.05, 3.63) is 36.5 Å². The van der Waals surface area contributed by atoms with Crippen molar-refractivity contribution >= 4 is 22.5 Å². The highest BCUT2D eigenvalue weighted by Gasteiger charge is 2.21. The first-order valence-electron chi connectivity index (χ1n) is 5.63. The summed E-state index contributed by atoms with van der Waals surface area (Å²) in [7, 11) is 0. The third kappa shape index (κ3) is 2.61. The highest BCUT2D eigenvalue weighted by Crippen LogP contribution is 2.19. The molecule has 0 unspecified atom stereocenters. The number of rotatable bonds is 1. The van der Waals surface area contributed by atoms with Gasteiger partial charge >= 0.3 is 0 Å². The first-order valence-corrected chi connectivity index (χ1v) is 5.63. The number of nitrogens with zero attached hydrogens (tertiary/aromatic N) is 1. The lowest BCUT2D eigenvalue weighted by molar-refractivity contribution is -0.123. The lowest BCUT2D eigenvalue weighted by atomic mass is 9.95. The normalized spacial score (nSPS) is 11.5. The summed E-state index contributed by atoms with van der Waals surface area (Å²) in [5.74, 6) is -0.00502. The van der Waals surface area contributed by atoms with Crippen LogP contribution in [0, 0.1) is 5.41 Å². The maximum atomic E-state index is 11.8. The van der Waals surface area contributed by atoms with Gasteiger partial charge in [-0.15, -0.1) is 0 Å². The molecule has 0 fully saturated rings. The molecule has 1 N–H and O–H groups in total. The lowest BCUT2D eigenvalue weighted by Crippen LogP contribution is -2.27. The number of para-hydroxylation sites is 1. The molecule has 2 aromatic rings. The molecule has 1 aromatic carbocycles. The smallest absolute Gasteiger partial charge is 0.229 e. The van der Waals surface area contributed by atoms with E-state index in [1.807, 2.05) is 51.1 Å². The maximum absolute atomic E-state index is 11.8. The fraction of sp³-hybridized carbons (Fsp3) is 0.286. The summed E-state index contributed by atoms with van der Waals surface area (Å²) in [5, 5.41) is 3.90. The van der Waals surface area contributed by atoms with Gasteiger partial charge < -0.3 is 5.32 Å². The van der Waals surface area contributed by atoms with Crippen LogP contribution < -0.4 is 5.32 Å². The van der Waals surface area contributed by atoms with Crippen molar-refractivity contribution in [1.82, 2.24) is 4.98 Å². The Hall–Kier alpha value is -1.90. The van der Waals surface area contributed by atoms with Crippen LogP contribution in [0.4, 0.5) is 5.69 Å². The van der Waals surface area contributed by atoms with E-state index in [2.05, 4.69) is 10.3 Å². The van der Waals surface area contributed by atoms with Crippen molar-refractivity contribution in [2.45, 2.75) is 20.8 Å². The van der Waals surface area contributed by atoms with Crippen LogP contribution in [0.2, 0.25) is 0 Å². The first kappa shape index (κ1) is 11.6. The second-order valence-corrected chi connectivity index (χ2v) is 5.12. The van der Waals surface area contributed by atoms with Crippen LogP contribution in [-0.4, -0.2) is 10.9 Å². The third-order valence-electron chi connectivity index (χ3n) is 2.53. The molecule has 0 atom stereocenters. The molecule has 1 amide bonds. The van der Waals surface area contributed by atoms with Crippen LogP contribution in [0.15, 0.2) is 36.5 Å². The van der Waals surface area contributed by atoms with Gasteiger partial charge in [-0.05, 0) is 12.1 Å². The lowest BCUT2D eigenvalue weighted by Gasteiger charge is -2.17. The molecule has 2 rings (SSSR count). The number of pyridine rings is 1. The van der Waals surface area contributed by atoms with Gasteiger partial charge in [0.25, 0.3) is 0 Å². The van der Waals surface area contributed by atoms with Crippen LogP contribution in [-0.2, 0) is 4.79 Å². The molecule has 0 aliphatic heterocycles. The third-order valence-corrected chi connectivity index (χ3v) is 2.53. The molecule has 0 saturated carbocycles. The zero-order valence-corrected chi connectivity index (χ0v) is 10.3. The number of hydrogen-bond donors (Lipinski definition) is 1. The van der Waals surface area contributed by atoms with Crippen molar-refractivity contribution in [1.29, 1.82) is 0 Å². The summed E-state index contributed by atoms with van der Waals surface area (Å²) in [4.78, 5) is 16.1. The van der Waals surface area contributed by atoms with Crippen LogP contribution in [0.5, 0.6) is 0 Å². The van der Waals surface area contributed by atoms with E-state index in [-0.39, 0.29) is 5.91 Å². The van der Waals surface area contributed by atoms with Crippen LogP contribution in [0.25, 0.3) is 10.9 Å². The van der Waals surface area contributed by atoms with Crippen molar-refractivity contribution in [3.8, 4) is 0 Å². The van der Waals surface area contributed by atoms with Crippen LogP contribution >= 0.6 is 0 Å². The van der Waals surface area contributed by atoms with E-state index in [9.17, 15) is 4.79 Å². The first-order chi connectivity index (χ1) is 7.97. The molecular weight excluding hydrogens is 212 g/mol. The summed E-state index contributed by atoms with van der Waals surface area (Å²) < 4.78 is 0. The Morgan fingerprint density at radius 1 is 1.24 bits per heavy atom. The number of carbonyl (C=O) groups is 1. The summed E-state index contributed by atoms with van der Waals surface area (Å²) >= 11 is 0. The van der Waals surface area contributed by atoms with E-state index >= 15 is 0 Å². The predicted octanol–water partition coefficient (Wildman–Crippen LogP) is 3.22. The van der Waals surface area contributed by atoms with Crippen molar-refractivity contribution in [3.63, 3.8) is 0 Å². The molecule has 3 heteroatoms. The van der Waals surface area contributed by atoms with E-state index in [1.54, 1.807) is 6.20 Å². The summed E-state index contributed by atoms with van der Waals surface area (Å²) in [6.07, 6.45) is 1.69. The summed E-state index contributed by atoms with van der Waals surface area (Å²) in [6.45, 7) is 5.66. The van der Waals surface area contributed by atoms with E-state index in [4.69, 9.17) is 0 Å². The molecule has 1 heterocycles. The van der Waals surface area contributed by atoms with E-state index < -0.39 is 5.41 Å². The molecule has 0 bridgehead atoms. The Morgan fingerprint density at radius 2 is 1.94 bits per heavy atom. The number of fused-ring (bicyclic) bond motifs is 1. The second-order valence-electron chi connectivity index (χ2n) is 5.12. The standard InChI is InChI=1S/C14H16N2O/c1-14(2,3)13(17)16-11-8-10-6-4-5-7-12(10)15-9-11/h4-9H,1-3H3,(H,16,17). The minimum atomic E-state index is -0.397. The number of hydrogen-bond acceptors (Lipinski definition) is 2. The maximum Gasteiger partial charge on any atom is 0.229 e. The molecule has 0 aliphatic carbocycles.